The number of piperidine rings is 1. The van der Waals surface area contributed by atoms with Crippen LogP contribution in [0, 0.1) is 11.8 Å². The number of carbonyl (C=O) groups is 1. The molecule has 6 heteroatoms. The van der Waals surface area contributed by atoms with Gasteiger partial charge in [0.15, 0.2) is 0 Å². The number of amides is 1. The van der Waals surface area contributed by atoms with E-state index in [9.17, 15) is 4.79 Å². The molecule has 2 aromatic rings. The Balaban J connectivity index is 1.20. The molecular formula is C24H31N5O. The molecule has 158 valence electrons. The molecule has 2 saturated heterocycles. The first kappa shape index (κ1) is 19.7. The van der Waals surface area contributed by atoms with Crippen LogP contribution in [0.4, 0.5) is 0 Å². The highest BCUT2D eigenvalue weighted by atomic mass is 16.2. The number of fused-ring (bicyclic) bond motifs is 1. The molecule has 2 aliphatic heterocycles. The first-order chi connectivity index (χ1) is 14.8. The van der Waals surface area contributed by atoms with E-state index in [1.165, 1.54) is 11.1 Å². The molecule has 6 unspecified atom stereocenters. The second kappa shape index (κ2) is 8.84. The normalized spacial score (nSPS) is 33.6. The summed E-state index contributed by atoms with van der Waals surface area (Å²) in [5, 5.41) is 6.89. The molecule has 1 aromatic carbocycles. The van der Waals surface area contributed by atoms with Crippen molar-refractivity contribution in [3.63, 3.8) is 0 Å². The maximum atomic E-state index is 13.2. The molecular weight excluding hydrogens is 374 g/mol. The van der Waals surface area contributed by atoms with Gasteiger partial charge in [-0.25, -0.2) is 5.43 Å². The van der Waals surface area contributed by atoms with Gasteiger partial charge < -0.3 is 10.6 Å². The van der Waals surface area contributed by atoms with Crippen LogP contribution < -0.4 is 21.5 Å². The lowest BCUT2D eigenvalue weighted by atomic mass is 9.74. The Labute approximate surface area is 178 Å². The summed E-state index contributed by atoms with van der Waals surface area (Å²) in [6.45, 7) is 1.84. The summed E-state index contributed by atoms with van der Waals surface area (Å²) in [4.78, 5) is 17.3. The molecule has 0 spiro atoms. The lowest BCUT2D eigenvalue weighted by molar-refractivity contribution is -0.127. The molecule has 1 amide bonds. The quantitative estimate of drug-likeness (QED) is 0.628. The first-order valence-corrected chi connectivity index (χ1v) is 11.2. The largest absolute Gasteiger partial charge is 0.352 e. The molecule has 1 saturated carbocycles. The molecule has 1 aromatic heterocycles. The van der Waals surface area contributed by atoms with E-state index in [-0.39, 0.29) is 23.9 Å². The Morgan fingerprint density at radius 1 is 0.933 bits per heavy atom. The van der Waals surface area contributed by atoms with Crippen LogP contribution in [0.1, 0.15) is 48.8 Å². The first-order valence-electron chi connectivity index (χ1n) is 11.2. The third-order valence-corrected chi connectivity index (χ3v) is 7.16. The van der Waals surface area contributed by atoms with Crippen molar-refractivity contribution in [1.29, 1.82) is 0 Å². The topological polar surface area (TPSA) is 78.1 Å². The van der Waals surface area contributed by atoms with Gasteiger partial charge in [-0.3, -0.25) is 15.2 Å². The number of nitrogens with one attached hydrogen (secondary N) is 4. The molecule has 5 rings (SSSR count). The average molecular weight is 406 g/mol. The number of pyridine rings is 1. The van der Waals surface area contributed by atoms with Crippen LogP contribution in [0.25, 0.3) is 0 Å². The number of hydrogen-bond acceptors (Lipinski definition) is 5. The Morgan fingerprint density at radius 3 is 2.60 bits per heavy atom. The zero-order valence-corrected chi connectivity index (χ0v) is 17.3. The average Bonchev–Trinajstić information content (AvgIpc) is 3.24. The molecule has 1 aliphatic carbocycles. The van der Waals surface area contributed by atoms with Crippen molar-refractivity contribution in [3.8, 4) is 0 Å². The van der Waals surface area contributed by atoms with Gasteiger partial charge in [0, 0.05) is 43.5 Å². The number of carbonyl (C=O) groups excluding carboxylic acids is 1. The highest BCUT2D eigenvalue weighted by Gasteiger charge is 2.43. The lowest BCUT2D eigenvalue weighted by Gasteiger charge is -2.35. The van der Waals surface area contributed by atoms with Crippen LogP contribution in [0.15, 0.2) is 54.9 Å². The number of nitrogens with zero attached hydrogens (tertiary/aromatic N) is 1. The molecule has 30 heavy (non-hydrogen) atoms. The zero-order valence-electron chi connectivity index (χ0n) is 17.3. The number of benzene rings is 1. The highest BCUT2D eigenvalue weighted by Crippen LogP contribution is 2.40. The van der Waals surface area contributed by atoms with Gasteiger partial charge in [-0.05, 0) is 60.8 Å². The molecule has 3 aliphatic rings. The van der Waals surface area contributed by atoms with Crippen LogP contribution in [0.5, 0.6) is 0 Å². The maximum Gasteiger partial charge on any atom is 0.223 e. The van der Waals surface area contributed by atoms with Gasteiger partial charge in [0.2, 0.25) is 5.91 Å². The molecule has 3 fully saturated rings. The second-order valence-electron chi connectivity index (χ2n) is 9.03. The van der Waals surface area contributed by atoms with Gasteiger partial charge in [0.05, 0.1) is 6.04 Å². The van der Waals surface area contributed by atoms with Gasteiger partial charge in [-0.2, -0.15) is 0 Å². The molecule has 3 heterocycles. The van der Waals surface area contributed by atoms with E-state index in [0.717, 1.165) is 38.8 Å². The van der Waals surface area contributed by atoms with E-state index in [2.05, 4.69) is 68.9 Å². The molecule has 0 radical (unpaired) electrons. The van der Waals surface area contributed by atoms with Crippen LogP contribution in [-0.4, -0.2) is 36.1 Å². The summed E-state index contributed by atoms with van der Waals surface area (Å²) in [5.41, 5.74) is 9.52. The van der Waals surface area contributed by atoms with Crippen LogP contribution in [0.2, 0.25) is 0 Å². The maximum absolute atomic E-state index is 13.2. The van der Waals surface area contributed by atoms with E-state index >= 15 is 0 Å². The van der Waals surface area contributed by atoms with Crippen molar-refractivity contribution >= 4 is 5.91 Å². The van der Waals surface area contributed by atoms with E-state index < -0.39 is 0 Å². The minimum atomic E-state index is 0.0920. The van der Waals surface area contributed by atoms with Crippen molar-refractivity contribution in [3.05, 3.63) is 66.0 Å². The fraction of sp³-hybridized carbons (Fsp3) is 0.500. The van der Waals surface area contributed by atoms with Crippen molar-refractivity contribution in [2.24, 2.45) is 11.8 Å². The summed E-state index contributed by atoms with van der Waals surface area (Å²) in [7, 11) is 0. The smallest absolute Gasteiger partial charge is 0.223 e. The third-order valence-electron chi connectivity index (χ3n) is 7.16. The van der Waals surface area contributed by atoms with E-state index in [4.69, 9.17) is 0 Å². The van der Waals surface area contributed by atoms with E-state index in [1.54, 1.807) is 0 Å². The summed E-state index contributed by atoms with van der Waals surface area (Å²) >= 11 is 0. The van der Waals surface area contributed by atoms with E-state index in [0.29, 0.717) is 17.9 Å². The van der Waals surface area contributed by atoms with Gasteiger partial charge in [0.25, 0.3) is 0 Å². The Kier molecular flexibility index (Phi) is 5.79. The minimum Gasteiger partial charge on any atom is -0.352 e. The number of aromatic nitrogens is 1. The standard InChI is InChI=1S/C24H31N5O/c30-24(27-20-12-19(14-26-15-20)16-4-2-1-3-5-16)18-6-7-22-21(13-18)23(29-28-22)17-8-10-25-11-9-17/h1-5,8-11,18-23,26,28-29H,6-7,12-15H2,(H,27,30). The van der Waals surface area contributed by atoms with Crippen molar-refractivity contribution in [1.82, 2.24) is 26.5 Å². The van der Waals surface area contributed by atoms with Crippen molar-refractivity contribution in [2.75, 3.05) is 13.1 Å². The fourth-order valence-corrected chi connectivity index (χ4v) is 5.55. The fourth-order valence-electron chi connectivity index (χ4n) is 5.55. The van der Waals surface area contributed by atoms with Crippen LogP contribution >= 0.6 is 0 Å². The zero-order chi connectivity index (χ0) is 20.3. The third kappa shape index (κ3) is 4.13. The molecule has 6 nitrogen and oxygen atoms in total. The SMILES string of the molecule is O=C(NC1CNCC(c2ccccc2)C1)C1CCC2NNC(c3ccncc3)C2C1. The number of rotatable bonds is 4. The second-order valence-corrected chi connectivity index (χ2v) is 9.03. The Hall–Kier alpha value is -2.28. The highest BCUT2D eigenvalue weighted by molar-refractivity contribution is 5.79. The van der Waals surface area contributed by atoms with Crippen molar-refractivity contribution in [2.45, 2.75) is 49.7 Å². The molecule has 4 N–H and O–H groups in total. The number of hydrazine groups is 1. The summed E-state index contributed by atoms with van der Waals surface area (Å²) in [6, 6.07) is 15.7. The van der Waals surface area contributed by atoms with E-state index in [1.807, 2.05) is 12.4 Å². The summed E-state index contributed by atoms with van der Waals surface area (Å²) < 4.78 is 0. The summed E-state index contributed by atoms with van der Waals surface area (Å²) in [6.07, 6.45) is 7.60. The predicted molar refractivity (Wildman–Crippen MR) is 116 cm³/mol. The molecule has 6 atom stereocenters. The summed E-state index contributed by atoms with van der Waals surface area (Å²) in [5.74, 6) is 1.21. The predicted octanol–water partition coefficient (Wildman–Crippen LogP) is 2.28. The van der Waals surface area contributed by atoms with Gasteiger partial charge in [0.1, 0.15) is 0 Å². The Morgan fingerprint density at radius 2 is 1.77 bits per heavy atom. The van der Waals surface area contributed by atoms with Gasteiger partial charge in [-0.15, -0.1) is 0 Å². The lowest BCUT2D eigenvalue weighted by Crippen LogP contribution is -2.50. The van der Waals surface area contributed by atoms with Gasteiger partial charge >= 0.3 is 0 Å². The molecule has 0 bridgehead atoms. The number of hydrogen-bond donors (Lipinski definition) is 4. The Bertz CT molecular complexity index is 845. The van der Waals surface area contributed by atoms with Gasteiger partial charge in [-0.1, -0.05) is 30.3 Å². The minimum absolute atomic E-state index is 0.0920. The van der Waals surface area contributed by atoms with Crippen molar-refractivity contribution < 1.29 is 4.79 Å². The van der Waals surface area contributed by atoms with Crippen LogP contribution in [-0.2, 0) is 4.79 Å². The monoisotopic (exact) mass is 405 g/mol. The van der Waals surface area contributed by atoms with Crippen LogP contribution in [0.3, 0.4) is 0 Å².